The van der Waals surface area contributed by atoms with Gasteiger partial charge in [0.2, 0.25) is 0 Å². The lowest BCUT2D eigenvalue weighted by molar-refractivity contribution is 0.263. The van der Waals surface area contributed by atoms with Crippen molar-refractivity contribution < 1.29 is 13.9 Å². The zero-order chi connectivity index (χ0) is 15.4. The zero-order valence-corrected chi connectivity index (χ0v) is 12.1. The molecule has 114 valence electrons. The molecule has 0 bridgehead atoms. The molecule has 3 nitrogen and oxygen atoms in total. The van der Waals surface area contributed by atoms with E-state index in [1.54, 1.807) is 6.07 Å². The fourth-order valence-corrected chi connectivity index (χ4v) is 2.58. The molecule has 0 amide bonds. The van der Waals surface area contributed by atoms with Gasteiger partial charge in [-0.05, 0) is 36.2 Å². The Hall–Kier alpha value is -2.17. The third-order valence-corrected chi connectivity index (χ3v) is 3.67. The van der Waals surface area contributed by atoms with Gasteiger partial charge in [0.05, 0.1) is 6.54 Å². The van der Waals surface area contributed by atoms with Gasteiger partial charge in [0, 0.05) is 18.0 Å². The van der Waals surface area contributed by atoms with E-state index in [9.17, 15) is 9.50 Å². The van der Waals surface area contributed by atoms with E-state index in [0.29, 0.717) is 18.5 Å². The van der Waals surface area contributed by atoms with Gasteiger partial charge in [-0.3, -0.25) is 0 Å². The maximum atomic E-state index is 13.2. The Kier molecular flexibility index (Phi) is 4.51. The third kappa shape index (κ3) is 3.35. The fourth-order valence-electron chi connectivity index (χ4n) is 2.58. The molecule has 0 saturated carbocycles. The molecule has 0 saturated heterocycles. The number of aliphatic hydroxyl groups is 1. The number of fused-ring (bicyclic) bond motifs is 1. The predicted molar refractivity (Wildman–Crippen MR) is 83.9 cm³/mol. The van der Waals surface area contributed by atoms with E-state index < -0.39 is 0 Å². The van der Waals surface area contributed by atoms with Crippen LogP contribution in [0.25, 0.3) is 11.0 Å². The molecule has 2 aromatic carbocycles. The zero-order valence-electron chi connectivity index (χ0n) is 12.1. The van der Waals surface area contributed by atoms with Crippen LogP contribution in [0.15, 0.2) is 59.0 Å². The second-order valence-electron chi connectivity index (χ2n) is 5.25. The number of halogens is 1. The monoisotopic (exact) mass is 299 g/mol. The average molecular weight is 299 g/mol. The number of rotatable bonds is 6. The van der Waals surface area contributed by atoms with Crippen LogP contribution in [0, 0.1) is 5.82 Å². The fraction of sp³-hybridized carbons (Fsp3) is 0.222. The van der Waals surface area contributed by atoms with Gasteiger partial charge in [-0.15, -0.1) is 0 Å². The Bertz CT molecular complexity index is 739. The van der Waals surface area contributed by atoms with Crippen LogP contribution in [-0.4, -0.2) is 11.7 Å². The Balaban J connectivity index is 1.73. The Labute approximate surface area is 128 Å². The van der Waals surface area contributed by atoms with Crippen LogP contribution in [0.3, 0.4) is 0 Å². The number of aliphatic hydroxyl groups excluding tert-OH is 1. The first-order valence-corrected chi connectivity index (χ1v) is 7.33. The van der Waals surface area contributed by atoms with Crippen molar-refractivity contribution in [2.45, 2.75) is 19.0 Å². The van der Waals surface area contributed by atoms with E-state index in [1.165, 1.54) is 12.1 Å². The molecule has 22 heavy (non-hydrogen) atoms. The van der Waals surface area contributed by atoms with Gasteiger partial charge in [-0.1, -0.05) is 30.3 Å². The quantitative estimate of drug-likeness (QED) is 0.728. The summed E-state index contributed by atoms with van der Waals surface area (Å²) in [5, 5.41) is 13.4. The number of nitrogens with one attached hydrogen (secondary N) is 1. The van der Waals surface area contributed by atoms with Crippen LogP contribution < -0.4 is 5.32 Å². The maximum Gasteiger partial charge on any atom is 0.134 e. The van der Waals surface area contributed by atoms with E-state index in [4.69, 9.17) is 4.42 Å². The summed E-state index contributed by atoms with van der Waals surface area (Å²) in [4.78, 5) is 0. The molecule has 4 heteroatoms. The number of hydrogen-bond acceptors (Lipinski definition) is 3. The van der Waals surface area contributed by atoms with Gasteiger partial charge in [0.15, 0.2) is 0 Å². The lowest BCUT2D eigenvalue weighted by atomic mass is 10.0. The van der Waals surface area contributed by atoms with Gasteiger partial charge in [-0.2, -0.15) is 0 Å². The summed E-state index contributed by atoms with van der Waals surface area (Å²) in [5.74, 6) is 0.481. The van der Waals surface area contributed by atoms with Crippen molar-refractivity contribution in [1.29, 1.82) is 0 Å². The largest absolute Gasteiger partial charge is 0.460 e. The van der Waals surface area contributed by atoms with E-state index in [0.717, 1.165) is 16.7 Å². The van der Waals surface area contributed by atoms with E-state index in [-0.39, 0.29) is 18.5 Å². The van der Waals surface area contributed by atoms with Crippen molar-refractivity contribution in [2.24, 2.45) is 0 Å². The van der Waals surface area contributed by atoms with E-state index >= 15 is 0 Å². The standard InChI is InChI=1S/C18H18FNO2/c19-15-6-7-18-14(10-15)11-16(22-18)12-20-17(8-9-21)13-4-2-1-3-5-13/h1-7,10-11,17,20-21H,8-9,12H2/t17-/m1/s1. The van der Waals surface area contributed by atoms with Crippen molar-refractivity contribution in [2.75, 3.05) is 6.61 Å². The molecule has 0 aliphatic carbocycles. The predicted octanol–water partition coefficient (Wildman–Crippen LogP) is 3.79. The van der Waals surface area contributed by atoms with Crippen molar-refractivity contribution in [3.05, 3.63) is 71.7 Å². The molecule has 1 atom stereocenters. The molecule has 2 N–H and O–H groups in total. The normalized spacial score (nSPS) is 12.6. The Morgan fingerprint density at radius 2 is 1.91 bits per heavy atom. The van der Waals surface area contributed by atoms with Crippen LogP contribution in [0.5, 0.6) is 0 Å². The summed E-state index contributed by atoms with van der Waals surface area (Å²) in [5.41, 5.74) is 1.80. The molecule has 0 unspecified atom stereocenters. The third-order valence-electron chi connectivity index (χ3n) is 3.67. The lowest BCUT2D eigenvalue weighted by Crippen LogP contribution is -2.21. The molecule has 0 aliphatic rings. The highest BCUT2D eigenvalue weighted by Crippen LogP contribution is 2.22. The number of benzene rings is 2. The van der Waals surface area contributed by atoms with E-state index in [1.807, 2.05) is 36.4 Å². The van der Waals surface area contributed by atoms with Crippen LogP contribution in [0.4, 0.5) is 4.39 Å². The smallest absolute Gasteiger partial charge is 0.134 e. The van der Waals surface area contributed by atoms with Crippen molar-refractivity contribution in [1.82, 2.24) is 5.32 Å². The maximum absolute atomic E-state index is 13.2. The highest BCUT2D eigenvalue weighted by atomic mass is 19.1. The minimum Gasteiger partial charge on any atom is -0.460 e. The van der Waals surface area contributed by atoms with E-state index in [2.05, 4.69) is 5.32 Å². The van der Waals surface area contributed by atoms with Gasteiger partial charge in [0.1, 0.15) is 17.2 Å². The summed E-state index contributed by atoms with van der Waals surface area (Å²) in [7, 11) is 0. The first-order chi connectivity index (χ1) is 10.8. The van der Waals surface area contributed by atoms with Gasteiger partial charge in [-0.25, -0.2) is 4.39 Å². The molecule has 1 aromatic heterocycles. The summed E-state index contributed by atoms with van der Waals surface area (Å²) in [6.07, 6.45) is 0.624. The second kappa shape index (κ2) is 6.73. The van der Waals surface area contributed by atoms with Gasteiger partial charge < -0.3 is 14.8 Å². The van der Waals surface area contributed by atoms with Crippen molar-refractivity contribution in [3.8, 4) is 0 Å². The summed E-state index contributed by atoms with van der Waals surface area (Å²) >= 11 is 0. The minimum atomic E-state index is -0.268. The first-order valence-electron chi connectivity index (χ1n) is 7.33. The molecule has 0 spiro atoms. The molecular formula is C18H18FNO2. The summed E-state index contributed by atoms with van der Waals surface area (Å²) in [6.45, 7) is 0.633. The SMILES string of the molecule is OCC[C@@H](NCc1cc2cc(F)ccc2o1)c1ccccc1. The van der Waals surface area contributed by atoms with Crippen LogP contribution in [0.2, 0.25) is 0 Å². The molecule has 1 heterocycles. The van der Waals surface area contributed by atoms with Crippen LogP contribution >= 0.6 is 0 Å². The van der Waals surface area contributed by atoms with Gasteiger partial charge in [0.25, 0.3) is 0 Å². The molecular weight excluding hydrogens is 281 g/mol. The Morgan fingerprint density at radius 1 is 1.09 bits per heavy atom. The number of furan rings is 1. The van der Waals surface area contributed by atoms with Crippen LogP contribution in [-0.2, 0) is 6.54 Å². The highest BCUT2D eigenvalue weighted by molar-refractivity contribution is 5.77. The van der Waals surface area contributed by atoms with Gasteiger partial charge >= 0.3 is 0 Å². The summed E-state index contributed by atoms with van der Waals surface area (Å²) < 4.78 is 18.9. The molecule has 0 fully saturated rings. The average Bonchev–Trinajstić information content (AvgIpc) is 2.94. The second-order valence-corrected chi connectivity index (χ2v) is 5.25. The lowest BCUT2D eigenvalue weighted by Gasteiger charge is -2.17. The topological polar surface area (TPSA) is 45.4 Å². The molecule has 3 aromatic rings. The summed E-state index contributed by atoms with van der Waals surface area (Å²) in [6, 6.07) is 16.4. The Morgan fingerprint density at radius 3 is 2.68 bits per heavy atom. The molecule has 3 rings (SSSR count). The van der Waals surface area contributed by atoms with Crippen molar-refractivity contribution in [3.63, 3.8) is 0 Å². The van der Waals surface area contributed by atoms with Crippen molar-refractivity contribution >= 4 is 11.0 Å². The molecule has 0 radical (unpaired) electrons. The van der Waals surface area contributed by atoms with Crippen LogP contribution in [0.1, 0.15) is 23.8 Å². The highest BCUT2D eigenvalue weighted by Gasteiger charge is 2.12. The first kappa shape index (κ1) is 14.8. The number of hydrogen-bond donors (Lipinski definition) is 2. The minimum absolute atomic E-state index is 0.0520. The molecule has 0 aliphatic heterocycles.